The topological polar surface area (TPSA) is 57.5 Å². The molecule has 0 radical (unpaired) electrons. The van der Waals surface area contributed by atoms with E-state index in [1.54, 1.807) is 19.1 Å². The summed E-state index contributed by atoms with van der Waals surface area (Å²) in [7, 11) is 0. The van der Waals surface area contributed by atoms with Crippen LogP contribution in [-0.2, 0) is 4.79 Å². The van der Waals surface area contributed by atoms with Crippen molar-refractivity contribution in [2.75, 3.05) is 0 Å². The van der Waals surface area contributed by atoms with E-state index in [0.29, 0.717) is 16.0 Å². The molecule has 1 atom stereocenters. The van der Waals surface area contributed by atoms with Crippen molar-refractivity contribution in [1.82, 2.24) is 0 Å². The maximum atomic E-state index is 10.8. The number of hydrogen-bond donors (Lipinski definition) is 2. The minimum atomic E-state index is -1.52. The normalized spacial score (nSPS) is 12.9. The van der Waals surface area contributed by atoms with Crippen LogP contribution in [0.2, 0.25) is 5.02 Å². The maximum Gasteiger partial charge on any atom is 0.337 e. The molecule has 0 aliphatic rings. The van der Waals surface area contributed by atoms with E-state index in [-0.39, 0.29) is 0 Å². The lowest BCUT2D eigenvalue weighted by atomic mass is 10.1. The van der Waals surface area contributed by atoms with Crippen LogP contribution in [0.1, 0.15) is 16.5 Å². The molecule has 0 aliphatic heterocycles. The zero-order chi connectivity index (χ0) is 11.9. The number of carboxylic acids is 1. The van der Waals surface area contributed by atoms with Gasteiger partial charge in [-0.25, -0.2) is 4.79 Å². The lowest BCUT2D eigenvalue weighted by Crippen LogP contribution is -2.10. The van der Waals surface area contributed by atoms with E-state index in [1.807, 2.05) is 6.07 Å². The second kappa shape index (κ2) is 4.05. The number of aliphatic carboxylic acids is 1. The van der Waals surface area contributed by atoms with Crippen LogP contribution in [0.25, 0.3) is 10.1 Å². The third kappa shape index (κ3) is 1.69. The number of thiophene rings is 1. The summed E-state index contributed by atoms with van der Waals surface area (Å²) in [6, 6.07) is 5.35. The summed E-state index contributed by atoms with van der Waals surface area (Å²) in [5.74, 6) is -1.26. The van der Waals surface area contributed by atoms with Crippen LogP contribution in [0.5, 0.6) is 0 Å². The van der Waals surface area contributed by atoms with Crippen LogP contribution in [0, 0.1) is 6.92 Å². The van der Waals surface area contributed by atoms with E-state index in [0.717, 1.165) is 9.58 Å². The van der Waals surface area contributed by atoms with E-state index in [4.69, 9.17) is 16.7 Å². The number of fused-ring (bicyclic) bond motifs is 1. The average molecular weight is 257 g/mol. The smallest absolute Gasteiger partial charge is 0.337 e. The highest BCUT2D eigenvalue weighted by molar-refractivity contribution is 7.19. The van der Waals surface area contributed by atoms with Crippen LogP contribution in [0.3, 0.4) is 0 Å². The quantitative estimate of drug-likeness (QED) is 0.869. The summed E-state index contributed by atoms with van der Waals surface area (Å²) in [5.41, 5.74) is 0.401. The van der Waals surface area contributed by atoms with Crippen molar-refractivity contribution in [2.45, 2.75) is 13.0 Å². The molecule has 0 aliphatic carbocycles. The number of aryl methyl sites for hydroxylation is 1. The van der Waals surface area contributed by atoms with Gasteiger partial charge in [0.25, 0.3) is 0 Å². The fourth-order valence-electron chi connectivity index (χ4n) is 1.70. The number of halogens is 1. The van der Waals surface area contributed by atoms with E-state index in [2.05, 4.69) is 0 Å². The first-order valence-corrected chi connectivity index (χ1v) is 5.80. The lowest BCUT2D eigenvalue weighted by molar-refractivity contribution is -0.146. The van der Waals surface area contributed by atoms with Crippen molar-refractivity contribution in [1.29, 1.82) is 0 Å². The number of aliphatic hydroxyl groups is 1. The molecule has 0 saturated carbocycles. The fraction of sp³-hybridized carbons (Fsp3) is 0.182. The summed E-state index contributed by atoms with van der Waals surface area (Å²) in [6.07, 6.45) is -1.52. The standard InChI is InChI=1S/C11H9ClO3S/c1-5-8(10(13)11(14)15)9-6(12)3-2-4-7(9)16-5/h2-4,10,13H,1H3,(H,14,15). The fourth-order valence-corrected chi connectivity index (χ4v) is 3.15. The highest BCUT2D eigenvalue weighted by Gasteiger charge is 2.24. The van der Waals surface area contributed by atoms with Crippen LogP contribution in [-0.4, -0.2) is 16.2 Å². The number of rotatable bonds is 2. The largest absolute Gasteiger partial charge is 0.479 e. The Bertz CT molecular complexity index is 562. The molecule has 0 saturated heterocycles. The zero-order valence-corrected chi connectivity index (χ0v) is 9.97. The molecule has 16 heavy (non-hydrogen) atoms. The monoisotopic (exact) mass is 256 g/mol. The van der Waals surface area contributed by atoms with E-state index in [9.17, 15) is 9.90 Å². The number of carbonyl (C=O) groups is 1. The molecule has 1 heterocycles. The van der Waals surface area contributed by atoms with Crippen molar-refractivity contribution in [2.24, 2.45) is 0 Å². The van der Waals surface area contributed by atoms with E-state index in [1.165, 1.54) is 11.3 Å². The maximum absolute atomic E-state index is 10.8. The van der Waals surface area contributed by atoms with Gasteiger partial charge in [0.1, 0.15) is 0 Å². The number of aliphatic hydroxyl groups excluding tert-OH is 1. The minimum absolute atomic E-state index is 0.401. The van der Waals surface area contributed by atoms with Gasteiger partial charge in [-0.15, -0.1) is 11.3 Å². The molecule has 3 nitrogen and oxygen atoms in total. The molecule has 0 spiro atoms. The Kier molecular flexibility index (Phi) is 2.88. The summed E-state index contributed by atoms with van der Waals surface area (Å²) in [4.78, 5) is 11.6. The van der Waals surface area contributed by atoms with Crippen LogP contribution in [0.15, 0.2) is 18.2 Å². The summed E-state index contributed by atoms with van der Waals surface area (Å²) >= 11 is 7.46. The van der Waals surface area contributed by atoms with Crippen molar-refractivity contribution >= 4 is 39.0 Å². The first-order valence-electron chi connectivity index (χ1n) is 4.60. The molecule has 2 aromatic rings. The Labute approximate surface area is 101 Å². The van der Waals surface area contributed by atoms with Gasteiger partial charge in [-0.05, 0) is 19.1 Å². The number of carboxylic acid groups (broad SMARTS) is 1. The van der Waals surface area contributed by atoms with Crippen LogP contribution in [0.4, 0.5) is 0 Å². The highest BCUT2D eigenvalue weighted by atomic mass is 35.5. The van der Waals surface area contributed by atoms with Gasteiger partial charge < -0.3 is 10.2 Å². The van der Waals surface area contributed by atoms with Gasteiger partial charge in [0.2, 0.25) is 0 Å². The summed E-state index contributed by atoms with van der Waals surface area (Å²) in [5, 5.41) is 19.6. The minimum Gasteiger partial charge on any atom is -0.479 e. The highest BCUT2D eigenvalue weighted by Crippen LogP contribution is 2.38. The molecule has 1 aromatic carbocycles. The van der Waals surface area contributed by atoms with Gasteiger partial charge in [-0.3, -0.25) is 0 Å². The molecule has 0 bridgehead atoms. The van der Waals surface area contributed by atoms with Crippen molar-refractivity contribution in [3.8, 4) is 0 Å². The van der Waals surface area contributed by atoms with E-state index >= 15 is 0 Å². The molecule has 2 N–H and O–H groups in total. The SMILES string of the molecule is Cc1sc2cccc(Cl)c2c1C(O)C(=O)O. The average Bonchev–Trinajstić information content (AvgIpc) is 2.54. The van der Waals surface area contributed by atoms with Crippen molar-refractivity contribution < 1.29 is 15.0 Å². The van der Waals surface area contributed by atoms with Crippen molar-refractivity contribution in [3.05, 3.63) is 33.7 Å². The summed E-state index contributed by atoms with van der Waals surface area (Å²) in [6.45, 7) is 1.78. The second-order valence-electron chi connectivity index (χ2n) is 3.43. The third-order valence-corrected chi connectivity index (χ3v) is 3.80. The van der Waals surface area contributed by atoms with Crippen LogP contribution >= 0.6 is 22.9 Å². The zero-order valence-electron chi connectivity index (χ0n) is 8.40. The predicted octanol–water partition coefficient (Wildman–Crippen LogP) is 2.98. The Morgan fingerprint density at radius 1 is 1.50 bits per heavy atom. The van der Waals surface area contributed by atoms with Gasteiger partial charge in [0.05, 0.1) is 0 Å². The Balaban J connectivity index is 2.77. The van der Waals surface area contributed by atoms with Gasteiger partial charge in [-0.2, -0.15) is 0 Å². The van der Waals surface area contributed by atoms with Gasteiger partial charge in [-0.1, -0.05) is 17.7 Å². The molecule has 1 aromatic heterocycles. The van der Waals surface area contributed by atoms with Crippen molar-refractivity contribution in [3.63, 3.8) is 0 Å². The van der Waals surface area contributed by atoms with Gasteiger partial charge >= 0.3 is 5.97 Å². The van der Waals surface area contributed by atoms with Gasteiger partial charge in [0, 0.05) is 25.5 Å². The molecule has 5 heteroatoms. The van der Waals surface area contributed by atoms with Crippen LogP contribution < -0.4 is 0 Å². The molecule has 2 rings (SSSR count). The number of benzene rings is 1. The van der Waals surface area contributed by atoms with E-state index < -0.39 is 12.1 Å². The third-order valence-electron chi connectivity index (χ3n) is 2.39. The Morgan fingerprint density at radius 3 is 2.81 bits per heavy atom. The first-order chi connectivity index (χ1) is 7.52. The Morgan fingerprint density at radius 2 is 2.19 bits per heavy atom. The Hall–Kier alpha value is -1.10. The molecule has 1 unspecified atom stereocenters. The second-order valence-corrected chi connectivity index (χ2v) is 5.09. The molecule has 0 amide bonds. The molecule has 84 valence electrons. The molecular weight excluding hydrogens is 248 g/mol. The lowest BCUT2D eigenvalue weighted by Gasteiger charge is -2.06. The summed E-state index contributed by atoms with van der Waals surface area (Å²) < 4.78 is 0.889. The number of hydrogen-bond acceptors (Lipinski definition) is 3. The molecule has 0 fully saturated rings. The molecular formula is C11H9ClO3S. The van der Waals surface area contributed by atoms with Gasteiger partial charge in [0.15, 0.2) is 6.10 Å². The first kappa shape index (κ1) is 11.4. The predicted molar refractivity (Wildman–Crippen MR) is 64.2 cm³/mol.